The standard InChI is InChI=1S/C26H22ClN5O3/c1-35-14-16-2-11-23-21(12-16)25(17-3-5-18(27)6-4-17)30-22(26-31-28-15-32(23)26)13-24(34)29-19-7-9-20(33)10-8-19/h2-12,15,22,33H,13-14H2,1H3,(H,29,34)/t22-/m0/s1. The molecule has 1 aromatic heterocycles. The summed E-state index contributed by atoms with van der Waals surface area (Å²) in [6.45, 7) is 0.453. The van der Waals surface area contributed by atoms with E-state index in [1.807, 2.05) is 47.0 Å². The molecule has 1 amide bonds. The summed E-state index contributed by atoms with van der Waals surface area (Å²) in [6.07, 6.45) is 1.69. The number of carbonyl (C=O) groups is 1. The highest BCUT2D eigenvalue weighted by Gasteiger charge is 2.28. The van der Waals surface area contributed by atoms with E-state index in [0.717, 1.165) is 28.1 Å². The summed E-state index contributed by atoms with van der Waals surface area (Å²) in [5.74, 6) is 0.457. The molecule has 176 valence electrons. The molecule has 1 aliphatic heterocycles. The summed E-state index contributed by atoms with van der Waals surface area (Å²) in [7, 11) is 1.65. The van der Waals surface area contributed by atoms with E-state index in [9.17, 15) is 9.90 Å². The number of aromatic nitrogens is 3. The van der Waals surface area contributed by atoms with Crippen LogP contribution in [0.15, 0.2) is 78.0 Å². The highest BCUT2D eigenvalue weighted by molar-refractivity contribution is 6.30. The summed E-state index contributed by atoms with van der Waals surface area (Å²) in [6, 6.07) is 19.2. The van der Waals surface area contributed by atoms with Gasteiger partial charge in [-0.3, -0.25) is 14.4 Å². The molecule has 0 radical (unpaired) electrons. The SMILES string of the molecule is COCc1ccc2c(c1)C(c1ccc(Cl)cc1)=N[C@@H](CC(=O)Nc1ccc(O)cc1)c1nncn1-2. The van der Waals surface area contributed by atoms with E-state index >= 15 is 0 Å². The van der Waals surface area contributed by atoms with Gasteiger partial charge in [-0.05, 0) is 54.1 Å². The lowest BCUT2D eigenvalue weighted by atomic mass is 9.98. The Morgan fingerprint density at radius 1 is 1.11 bits per heavy atom. The van der Waals surface area contributed by atoms with Crippen LogP contribution in [0.4, 0.5) is 5.69 Å². The number of nitrogens with zero attached hydrogens (tertiary/aromatic N) is 4. The van der Waals surface area contributed by atoms with Gasteiger partial charge in [-0.2, -0.15) is 0 Å². The monoisotopic (exact) mass is 487 g/mol. The number of phenols is 1. The van der Waals surface area contributed by atoms with Crippen LogP contribution in [-0.2, 0) is 16.1 Å². The first-order valence-electron chi connectivity index (χ1n) is 11.0. The Morgan fingerprint density at radius 3 is 2.63 bits per heavy atom. The quantitative estimate of drug-likeness (QED) is 0.384. The van der Waals surface area contributed by atoms with Gasteiger partial charge in [-0.15, -0.1) is 10.2 Å². The minimum Gasteiger partial charge on any atom is -0.508 e. The third kappa shape index (κ3) is 4.80. The number of anilines is 1. The molecular formula is C26H22ClN5O3. The van der Waals surface area contributed by atoms with Crippen molar-refractivity contribution in [3.8, 4) is 11.4 Å². The Bertz CT molecular complexity index is 1400. The van der Waals surface area contributed by atoms with E-state index in [2.05, 4.69) is 15.5 Å². The lowest BCUT2D eigenvalue weighted by Crippen LogP contribution is -2.17. The van der Waals surface area contributed by atoms with Crippen LogP contribution in [0.2, 0.25) is 5.02 Å². The van der Waals surface area contributed by atoms with Crippen molar-refractivity contribution in [1.29, 1.82) is 0 Å². The topological polar surface area (TPSA) is 102 Å². The summed E-state index contributed by atoms with van der Waals surface area (Å²) in [5.41, 5.74) is 4.91. The van der Waals surface area contributed by atoms with Crippen LogP contribution in [0.25, 0.3) is 5.69 Å². The molecule has 5 rings (SSSR count). The van der Waals surface area contributed by atoms with Crippen molar-refractivity contribution in [1.82, 2.24) is 14.8 Å². The van der Waals surface area contributed by atoms with Crippen LogP contribution in [-0.4, -0.2) is 38.6 Å². The maximum atomic E-state index is 13.0. The van der Waals surface area contributed by atoms with Crippen molar-refractivity contribution in [3.05, 3.63) is 101 Å². The van der Waals surface area contributed by atoms with E-state index < -0.39 is 6.04 Å². The fraction of sp³-hybridized carbons (Fsp3) is 0.154. The zero-order chi connectivity index (χ0) is 24.4. The van der Waals surface area contributed by atoms with Gasteiger partial charge in [0.2, 0.25) is 5.91 Å². The van der Waals surface area contributed by atoms with Gasteiger partial charge in [0.25, 0.3) is 0 Å². The fourth-order valence-electron chi connectivity index (χ4n) is 4.09. The average Bonchev–Trinajstić information content (AvgIpc) is 3.30. The molecule has 1 atom stereocenters. The number of halogens is 1. The van der Waals surface area contributed by atoms with Crippen molar-refractivity contribution < 1.29 is 14.6 Å². The maximum Gasteiger partial charge on any atom is 0.227 e. The number of hydrogen-bond acceptors (Lipinski definition) is 6. The molecule has 0 spiro atoms. The molecule has 4 aromatic rings. The summed E-state index contributed by atoms with van der Waals surface area (Å²) in [4.78, 5) is 18.0. The smallest absolute Gasteiger partial charge is 0.227 e. The minimum atomic E-state index is -0.585. The Kier molecular flexibility index (Phi) is 6.31. The summed E-state index contributed by atoms with van der Waals surface area (Å²) >= 11 is 6.14. The number of methoxy groups -OCH3 is 1. The van der Waals surface area contributed by atoms with Crippen LogP contribution in [0, 0.1) is 0 Å². The number of nitrogens with one attached hydrogen (secondary N) is 1. The number of aromatic hydroxyl groups is 1. The number of phenolic OH excluding ortho intramolecular Hbond substituents is 1. The van der Waals surface area contributed by atoms with Crippen LogP contribution in [0.3, 0.4) is 0 Å². The van der Waals surface area contributed by atoms with Gasteiger partial charge in [0.15, 0.2) is 5.82 Å². The number of rotatable bonds is 6. The zero-order valence-electron chi connectivity index (χ0n) is 18.9. The van der Waals surface area contributed by atoms with E-state index in [1.165, 1.54) is 12.1 Å². The second-order valence-corrected chi connectivity index (χ2v) is 8.58. The number of ether oxygens (including phenoxy) is 1. The van der Waals surface area contributed by atoms with E-state index in [-0.39, 0.29) is 18.1 Å². The van der Waals surface area contributed by atoms with Crippen LogP contribution < -0.4 is 5.32 Å². The summed E-state index contributed by atoms with van der Waals surface area (Å²) in [5, 5.41) is 21.4. The minimum absolute atomic E-state index is 0.0512. The molecule has 3 aromatic carbocycles. The van der Waals surface area contributed by atoms with Gasteiger partial charge >= 0.3 is 0 Å². The molecule has 0 saturated carbocycles. The largest absolute Gasteiger partial charge is 0.508 e. The Labute approximate surface area is 206 Å². The molecule has 0 bridgehead atoms. The van der Waals surface area contributed by atoms with Crippen molar-refractivity contribution in [2.45, 2.75) is 19.1 Å². The molecule has 0 saturated heterocycles. The van der Waals surface area contributed by atoms with E-state index in [1.54, 1.807) is 25.6 Å². The fourth-order valence-corrected chi connectivity index (χ4v) is 4.21. The molecule has 0 aliphatic carbocycles. The van der Waals surface area contributed by atoms with Crippen LogP contribution >= 0.6 is 11.6 Å². The third-order valence-electron chi connectivity index (χ3n) is 5.69. The lowest BCUT2D eigenvalue weighted by Gasteiger charge is -2.13. The normalized spacial score (nSPS) is 14.5. The Hall–Kier alpha value is -4.01. The zero-order valence-corrected chi connectivity index (χ0v) is 19.6. The number of carbonyl (C=O) groups excluding carboxylic acids is 1. The van der Waals surface area contributed by atoms with Crippen molar-refractivity contribution >= 4 is 28.9 Å². The van der Waals surface area contributed by atoms with Gasteiger partial charge in [-0.1, -0.05) is 29.8 Å². The molecule has 2 heterocycles. The first kappa shape index (κ1) is 22.8. The number of hydrogen-bond donors (Lipinski definition) is 2. The molecular weight excluding hydrogens is 466 g/mol. The average molecular weight is 488 g/mol. The van der Waals surface area contributed by atoms with Gasteiger partial charge in [0.05, 0.1) is 24.4 Å². The maximum absolute atomic E-state index is 13.0. The molecule has 1 aliphatic rings. The molecule has 35 heavy (non-hydrogen) atoms. The van der Waals surface area contributed by atoms with Crippen molar-refractivity contribution in [3.63, 3.8) is 0 Å². The summed E-state index contributed by atoms with van der Waals surface area (Å²) < 4.78 is 7.21. The predicted octanol–water partition coefficient (Wildman–Crippen LogP) is 4.69. The number of fused-ring (bicyclic) bond motifs is 3. The highest BCUT2D eigenvalue weighted by atomic mass is 35.5. The van der Waals surface area contributed by atoms with Gasteiger partial charge in [0.1, 0.15) is 18.1 Å². The van der Waals surface area contributed by atoms with Gasteiger partial charge in [-0.25, -0.2) is 0 Å². The number of amides is 1. The van der Waals surface area contributed by atoms with Crippen LogP contribution in [0.5, 0.6) is 5.75 Å². The second kappa shape index (κ2) is 9.69. The highest BCUT2D eigenvalue weighted by Crippen LogP contribution is 2.32. The van der Waals surface area contributed by atoms with E-state index in [4.69, 9.17) is 21.3 Å². The van der Waals surface area contributed by atoms with E-state index in [0.29, 0.717) is 23.1 Å². The number of benzene rings is 3. The molecule has 0 fully saturated rings. The van der Waals surface area contributed by atoms with Gasteiger partial charge in [0, 0.05) is 28.9 Å². The predicted molar refractivity (Wildman–Crippen MR) is 133 cm³/mol. The number of aliphatic imine (C=N–C) groups is 1. The molecule has 0 unspecified atom stereocenters. The molecule has 9 heteroatoms. The lowest BCUT2D eigenvalue weighted by molar-refractivity contribution is -0.116. The van der Waals surface area contributed by atoms with Crippen molar-refractivity contribution in [2.75, 3.05) is 12.4 Å². The Morgan fingerprint density at radius 2 is 1.89 bits per heavy atom. The van der Waals surface area contributed by atoms with Crippen LogP contribution in [0.1, 0.15) is 35.0 Å². The second-order valence-electron chi connectivity index (χ2n) is 8.14. The first-order valence-corrected chi connectivity index (χ1v) is 11.3. The van der Waals surface area contributed by atoms with Gasteiger partial charge < -0.3 is 15.2 Å². The molecule has 2 N–H and O–H groups in total. The first-order chi connectivity index (χ1) is 17.0. The third-order valence-corrected chi connectivity index (χ3v) is 5.94. The molecule has 8 nitrogen and oxygen atoms in total. The van der Waals surface area contributed by atoms with Crippen molar-refractivity contribution in [2.24, 2.45) is 4.99 Å². The Balaban J connectivity index is 1.58.